The lowest BCUT2D eigenvalue weighted by Crippen LogP contribution is -2.50. The summed E-state index contributed by atoms with van der Waals surface area (Å²) in [4.78, 5) is 28.8. The van der Waals surface area contributed by atoms with Crippen molar-refractivity contribution in [3.63, 3.8) is 0 Å². The summed E-state index contributed by atoms with van der Waals surface area (Å²) in [6.45, 7) is 2.19. The zero-order valence-electron chi connectivity index (χ0n) is 19.8. The van der Waals surface area contributed by atoms with Crippen molar-refractivity contribution in [2.45, 2.75) is 51.4 Å². The number of sulfonamides is 1. The molecule has 0 aliphatic carbocycles. The molecule has 1 spiro atoms. The molecule has 3 rings (SSSR count). The minimum atomic E-state index is -3.40. The van der Waals surface area contributed by atoms with Gasteiger partial charge in [-0.3, -0.25) is 9.59 Å². The number of carbonyl (C=O) groups excluding carboxylic acids is 2. The molecule has 184 valence electrons. The number of nitrogens with zero attached hydrogens (tertiary/aromatic N) is 2. The van der Waals surface area contributed by atoms with Gasteiger partial charge in [0.25, 0.3) is 0 Å². The normalized spacial score (nSPS) is 20.6. The number of hydrogen-bond acceptors (Lipinski definition) is 5. The van der Waals surface area contributed by atoms with Crippen molar-refractivity contribution in [2.75, 3.05) is 46.1 Å². The van der Waals surface area contributed by atoms with E-state index in [-0.39, 0.29) is 23.8 Å². The lowest BCUT2D eigenvalue weighted by Gasteiger charge is -2.44. The standard InChI is InChI=1S/C24H37N3O5S/c1-26-19-24(13-15-27(16-14-24)23(29)18-25-33(2,30)31)12-6-5-9-20-8-3-4-10-21(20)32-17-7-11-22(26)28/h3-4,8,10,25H,5-7,9,11-19H2,1-2H3. The number of amides is 2. The minimum Gasteiger partial charge on any atom is -0.493 e. The van der Waals surface area contributed by atoms with Gasteiger partial charge in [0.2, 0.25) is 21.8 Å². The Morgan fingerprint density at radius 3 is 2.55 bits per heavy atom. The molecule has 1 aromatic rings. The van der Waals surface area contributed by atoms with Crippen LogP contribution in [0, 0.1) is 5.41 Å². The smallest absolute Gasteiger partial charge is 0.237 e. The lowest BCUT2D eigenvalue weighted by atomic mass is 9.73. The van der Waals surface area contributed by atoms with Gasteiger partial charge in [-0.05, 0) is 55.6 Å². The Balaban J connectivity index is 1.65. The van der Waals surface area contributed by atoms with Gasteiger partial charge >= 0.3 is 0 Å². The molecule has 0 aromatic heterocycles. The highest BCUT2D eigenvalue weighted by Crippen LogP contribution is 2.38. The zero-order valence-corrected chi connectivity index (χ0v) is 20.7. The van der Waals surface area contributed by atoms with Crippen LogP contribution in [-0.4, -0.2) is 76.1 Å². The number of rotatable bonds is 3. The number of fused-ring (bicyclic) bond motifs is 1. The Morgan fingerprint density at radius 2 is 1.82 bits per heavy atom. The second kappa shape index (κ2) is 11.3. The van der Waals surface area contributed by atoms with Gasteiger partial charge in [-0.25, -0.2) is 13.1 Å². The van der Waals surface area contributed by atoms with Gasteiger partial charge in [0, 0.05) is 33.1 Å². The molecule has 9 heteroatoms. The molecule has 0 radical (unpaired) electrons. The summed E-state index contributed by atoms with van der Waals surface area (Å²) in [6, 6.07) is 8.14. The van der Waals surface area contributed by atoms with Crippen LogP contribution < -0.4 is 9.46 Å². The van der Waals surface area contributed by atoms with Crippen LogP contribution in [-0.2, 0) is 26.0 Å². The second-order valence-corrected chi connectivity index (χ2v) is 11.3. The monoisotopic (exact) mass is 479 g/mol. The summed E-state index contributed by atoms with van der Waals surface area (Å²) in [7, 11) is -1.52. The third kappa shape index (κ3) is 7.71. The number of para-hydroxylation sites is 1. The van der Waals surface area contributed by atoms with Crippen molar-refractivity contribution in [3.05, 3.63) is 29.8 Å². The lowest BCUT2D eigenvalue weighted by molar-refractivity contribution is -0.136. The van der Waals surface area contributed by atoms with Gasteiger partial charge in [-0.2, -0.15) is 0 Å². The van der Waals surface area contributed by atoms with E-state index in [1.807, 2.05) is 30.1 Å². The van der Waals surface area contributed by atoms with Crippen molar-refractivity contribution in [3.8, 4) is 5.75 Å². The van der Waals surface area contributed by atoms with Crippen molar-refractivity contribution >= 4 is 21.8 Å². The van der Waals surface area contributed by atoms with Crippen molar-refractivity contribution < 1.29 is 22.7 Å². The average Bonchev–Trinajstić information content (AvgIpc) is 2.78. The Hall–Kier alpha value is -2.13. The topological polar surface area (TPSA) is 96.0 Å². The molecule has 0 saturated carbocycles. The molecule has 0 bridgehead atoms. The van der Waals surface area contributed by atoms with Gasteiger partial charge in [0.15, 0.2) is 0 Å². The van der Waals surface area contributed by atoms with Gasteiger partial charge in [0.05, 0.1) is 19.4 Å². The number of ether oxygens (including phenoxy) is 1. The molecule has 33 heavy (non-hydrogen) atoms. The summed E-state index contributed by atoms with van der Waals surface area (Å²) in [6.07, 6.45) is 7.86. The highest BCUT2D eigenvalue weighted by molar-refractivity contribution is 7.88. The third-order valence-electron chi connectivity index (χ3n) is 6.83. The molecule has 1 fully saturated rings. The van der Waals surface area contributed by atoms with E-state index in [4.69, 9.17) is 4.74 Å². The number of hydrogen-bond donors (Lipinski definition) is 1. The van der Waals surface area contributed by atoms with E-state index in [2.05, 4.69) is 10.8 Å². The zero-order chi connectivity index (χ0) is 23.9. The van der Waals surface area contributed by atoms with Crippen LogP contribution in [0.1, 0.15) is 50.5 Å². The number of nitrogens with one attached hydrogen (secondary N) is 1. The molecule has 0 unspecified atom stereocenters. The molecule has 1 aromatic carbocycles. The highest BCUT2D eigenvalue weighted by Gasteiger charge is 2.37. The Bertz CT molecular complexity index is 926. The summed E-state index contributed by atoms with van der Waals surface area (Å²) in [5.74, 6) is 0.844. The Kier molecular flexibility index (Phi) is 8.75. The SMILES string of the molecule is CN1CC2(CCCCc3ccccc3OCCCC1=O)CCN(C(=O)CNS(C)(=O)=O)CC2. The predicted molar refractivity (Wildman–Crippen MR) is 127 cm³/mol. The van der Waals surface area contributed by atoms with Crippen LogP contribution in [0.2, 0.25) is 0 Å². The molecular formula is C24H37N3O5S. The quantitative estimate of drug-likeness (QED) is 0.717. The summed E-state index contributed by atoms with van der Waals surface area (Å²) in [5, 5.41) is 0. The molecule has 1 saturated heterocycles. The summed E-state index contributed by atoms with van der Waals surface area (Å²) < 4.78 is 30.9. The van der Waals surface area contributed by atoms with Gasteiger partial charge < -0.3 is 14.5 Å². The minimum absolute atomic E-state index is 0.0222. The molecule has 2 amide bonds. The average molecular weight is 480 g/mol. The second-order valence-electron chi connectivity index (χ2n) is 9.49. The number of piperidine rings is 1. The van der Waals surface area contributed by atoms with Gasteiger partial charge in [0.1, 0.15) is 5.75 Å². The molecule has 2 heterocycles. The van der Waals surface area contributed by atoms with E-state index >= 15 is 0 Å². The van der Waals surface area contributed by atoms with E-state index in [1.165, 1.54) is 5.56 Å². The Labute approximate surface area is 197 Å². The van der Waals surface area contributed by atoms with E-state index in [9.17, 15) is 18.0 Å². The predicted octanol–water partition coefficient (Wildman–Crippen LogP) is 2.19. The molecule has 2 aliphatic rings. The highest BCUT2D eigenvalue weighted by atomic mass is 32.2. The number of benzene rings is 1. The van der Waals surface area contributed by atoms with Crippen LogP contribution in [0.4, 0.5) is 0 Å². The maximum atomic E-state index is 12.7. The van der Waals surface area contributed by atoms with Gasteiger partial charge in [-0.1, -0.05) is 24.6 Å². The van der Waals surface area contributed by atoms with Crippen LogP contribution in [0.5, 0.6) is 5.75 Å². The van der Waals surface area contributed by atoms with Crippen LogP contribution in [0.15, 0.2) is 24.3 Å². The fourth-order valence-corrected chi connectivity index (χ4v) is 5.26. The molecule has 0 atom stereocenters. The first kappa shape index (κ1) is 25.5. The fraction of sp³-hybridized carbons (Fsp3) is 0.667. The Morgan fingerprint density at radius 1 is 1.09 bits per heavy atom. The van der Waals surface area contributed by atoms with Crippen molar-refractivity contribution in [2.24, 2.45) is 5.41 Å². The number of aryl methyl sites for hydroxylation is 1. The van der Waals surface area contributed by atoms with E-state index in [0.717, 1.165) is 50.5 Å². The first-order valence-electron chi connectivity index (χ1n) is 11.8. The maximum Gasteiger partial charge on any atom is 0.237 e. The molecule has 8 nitrogen and oxygen atoms in total. The van der Waals surface area contributed by atoms with E-state index < -0.39 is 10.0 Å². The largest absolute Gasteiger partial charge is 0.493 e. The van der Waals surface area contributed by atoms with Crippen LogP contribution >= 0.6 is 0 Å². The van der Waals surface area contributed by atoms with Crippen molar-refractivity contribution in [1.82, 2.24) is 14.5 Å². The molecule has 2 aliphatic heterocycles. The fourth-order valence-electron chi connectivity index (χ4n) is 4.88. The van der Waals surface area contributed by atoms with Crippen LogP contribution in [0.25, 0.3) is 0 Å². The van der Waals surface area contributed by atoms with Crippen LogP contribution in [0.3, 0.4) is 0 Å². The summed E-state index contributed by atoms with van der Waals surface area (Å²) in [5.41, 5.74) is 1.19. The maximum absolute atomic E-state index is 12.7. The van der Waals surface area contributed by atoms with Crippen molar-refractivity contribution in [1.29, 1.82) is 0 Å². The molecular weight excluding hydrogens is 442 g/mol. The van der Waals surface area contributed by atoms with Gasteiger partial charge in [-0.15, -0.1) is 0 Å². The third-order valence-corrected chi connectivity index (χ3v) is 7.50. The first-order chi connectivity index (χ1) is 15.7. The molecule has 1 N–H and O–H groups in total. The first-order valence-corrected chi connectivity index (χ1v) is 13.7. The number of carbonyl (C=O) groups is 2. The van der Waals surface area contributed by atoms with E-state index in [0.29, 0.717) is 39.1 Å². The number of likely N-dealkylation sites (tertiary alicyclic amines) is 1. The summed E-state index contributed by atoms with van der Waals surface area (Å²) >= 11 is 0. The van der Waals surface area contributed by atoms with E-state index in [1.54, 1.807) is 4.90 Å².